The highest BCUT2D eigenvalue weighted by Gasteiger charge is 2.12. The van der Waals surface area contributed by atoms with Crippen LogP contribution in [-0.4, -0.2) is 16.9 Å². The maximum atomic E-state index is 12.0. The Kier molecular flexibility index (Phi) is 4.51. The Balaban J connectivity index is 2.03. The maximum Gasteiger partial charge on any atom is 0.316 e. The van der Waals surface area contributed by atoms with Crippen molar-refractivity contribution in [3.63, 3.8) is 0 Å². The molecule has 21 heavy (non-hydrogen) atoms. The molecule has 8 heteroatoms. The molecule has 2 aromatic rings. The van der Waals surface area contributed by atoms with Crippen LogP contribution >= 0.6 is 11.3 Å². The molecule has 110 valence electrons. The number of benzene rings is 1. The van der Waals surface area contributed by atoms with E-state index < -0.39 is 6.03 Å². The lowest BCUT2D eigenvalue weighted by Gasteiger charge is -2.05. The predicted molar refractivity (Wildman–Crippen MR) is 82.3 cm³/mol. The zero-order chi connectivity index (χ0) is 15.4. The Bertz CT molecular complexity index is 651. The summed E-state index contributed by atoms with van der Waals surface area (Å²) in [6, 6.07) is 5.74. The topological polar surface area (TPSA) is 123 Å². The molecule has 0 saturated heterocycles. The first kappa shape index (κ1) is 14.9. The van der Waals surface area contributed by atoms with Crippen LogP contribution in [0, 0.1) is 0 Å². The van der Waals surface area contributed by atoms with Crippen molar-refractivity contribution in [1.82, 2.24) is 4.98 Å². The summed E-state index contributed by atoms with van der Waals surface area (Å²) in [5.74, 6) is -0.311. The van der Waals surface area contributed by atoms with E-state index in [1.54, 1.807) is 29.6 Å². The summed E-state index contributed by atoms with van der Waals surface area (Å²) in [6.45, 7) is 1.81. The number of nitrogens with zero attached hydrogens (tertiary/aromatic N) is 1. The standard InChI is InChI=1S/C13H15N5O2S/c1-7(14)12-18-10(6-21-12)11(19)16-8-2-4-9(5-3-8)17-13(15)20/h2-7H,14H2,1H3,(H,16,19)(H3,15,17,20). The molecular formula is C13H15N5O2S. The van der Waals surface area contributed by atoms with E-state index in [4.69, 9.17) is 11.5 Å². The molecule has 3 amide bonds. The van der Waals surface area contributed by atoms with E-state index in [1.165, 1.54) is 11.3 Å². The third kappa shape index (κ3) is 4.01. The van der Waals surface area contributed by atoms with Crippen LogP contribution in [0.3, 0.4) is 0 Å². The monoisotopic (exact) mass is 305 g/mol. The number of carbonyl (C=O) groups excluding carboxylic acids is 2. The normalized spacial score (nSPS) is 11.7. The van der Waals surface area contributed by atoms with E-state index in [1.807, 2.05) is 6.92 Å². The van der Waals surface area contributed by atoms with Gasteiger partial charge in [0.15, 0.2) is 0 Å². The van der Waals surface area contributed by atoms with Gasteiger partial charge in [0.05, 0.1) is 6.04 Å². The Labute approximate surface area is 125 Å². The first-order valence-electron chi connectivity index (χ1n) is 6.14. The smallest absolute Gasteiger partial charge is 0.316 e. The quantitative estimate of drug-likeness (QED) is 0.688. The number of urea groups is 1. The second-order valence-electron chi connectivity index (χ2n) is 4.38. The number of aromatic nitrogens is 1. The minimum atomic E-state index is -0.641. The molecule has 0 bridgehead atoms. The van der Waals surface area contributed by atoms with Crippen LogP contribution in [0.25, 0.3) is 0 Å². The summed E-state index contributed by atoms with van der Waals surface area (Å²) >= 11 is 1.35. The highest BCUT2D eigenvalue weighted by Crippen LogP contribution is 2.18. The molecule has 0 radical (unpaired) electrons. The van der Waals surface area contributed by atoms with Gasteiger partial charge >= 0.3 is 6.03 Å². The van der Waals surface area contributed by atoms with Crippen LogP contribution in [0.2, 0.25) is 0 Å². The summed E-state index contributed by atoms with van der Waals surface area (Å²) in [5.41, 5.74) is 12.2. The van der Waals surface area contributed by atoms with Crippen LogP contribution in [0.4, 0.5) is 16.2 Å². The summed E-state index contributed by atoms with van der Waals surface area (Å²) in [5, 5.41) is 7.52. The van der Waals surface area contributed by atoms with E-state index in [9.17, 15) is 9.59 Å². The second kappa shape index (κ2) is 6.33. The van der Waals surface area contributed by atoms with Gasteiger partial charge in [-0.25, -0.2) is 9.78 Å². The van der Waals surface area contributed by atoms with Crippen molar-refractivity contribution >= 4 is 34.6 Å². The number of rotatable bonds is 4. The summed E-state index contributed by atoms with van der Waals surface area (Å²) < 4.78 is 0. The van der Waals surface area contributed by atoms with Gasteiger partial charge in [-0.2, -0.15) is 0 Å². The van der Waals surface area contributed by atoms with Gasteiger partial charge in [0, 0.05) is 16.8 Å². The largest absolute Gasteiger partial charge is 0.351 e. The van der Waals surface area contributed by atoms with E-state index in [-0.39, 0.29) is 11.9 Å². The molecule has 2 rings (SSSR count). The molecule has 7 nitrogen and oxygen atoms in total. The highest BCUT2D eigenvalue weighted by molar-refractivity contribution is 7.09. The molecule has 1 unspecified atom stereocenters. The first-order valence-corrected chi connectivity index (χ1v) is 7.02. The number of carbonyl (C=O) groups is 2. The minimum absolute atomic E-state index is 0.198. The van der Waals surface area contributed by atoms with Crippen molar-refractivity contribution in [3.8, 4) is 0 Å². The Morgan fingerprint density at radius 2 is 1.76 bits per heavy atom. The molecule has 0 aliphatic carbocycles. The Morgan fingerprint density at radius 3 is 2.24 bits per heavy atom. The number of primary amides is 1. The van der Waals surface area contributed by atoms with E-state index in [0.717, 1.165) is 0 Å². The lowest BCUT2D eigenvalue weighted by atomic mass is 10.2. The fourth-order valence-corrected chi connectivity index (χ4v) is 2.33. The van der Waals surface area contributed by atoms with Gasteiger partial charge in [0.2, 0.25) is 0 Å². The third-order valence-electron chi connectivity index (χ3n) is 2.55. The van der Waals surface area contributed by atoms with Gasteiger partial charge in [-0.05, 0) is 31.2 Å². The van der Waals surface area contributed by atoms with Crippen LogP contribution in [0.5, 0.6) is 0 Å². The minimum Gasteiger partial charge on any atom is -0.351 e. The number of nitrogens with one attached hydrogen (secondary N) is 2. The van der Waals surface area contributed by atoms with Crippen LogP contribution in [0.1, 0.15) is 28.5 Å². The van der Waals surface area contributed by atoms with Gasteiger partial charge in [-0.3, -0.25) is 4.79 Å². The fourth-order valence-electron chi connectivity index (χ4n) is 1.58. The average molecular weight is 305 g/mol. The molecule has 0 aliphatic rings. The van der Waals surface area contributed by atoms with Gasteiger partial charge < -0.3 is 22.1 Å². The number of thiazole rings is 1. The molecule has 6 N–H and O–H groups in total. The first-order chi connectivity index (χ1) is 9.95. The number of hydrogen-bond donors (Lipinski definition) is 4. The number of hydrogen-bond acceptors (Lipinski definition) is 5. The van der Waals surface area contributed by atoms with E-state index in [2.05, 4.69) is 15.6 Å². The Morgan fingerprint density at radius 1 is 1.19 bits per heavy atom. The molecule has 0 spiro atoms. The van der Waals surface area contributed by atoms with Crippen LogP contribution < -0.4 is 22.1 Å². The number of anilines is 2. The fraction of sp³-hybridized carbons (Fsp3) is 0.154. The third-order valence-corrected chi connectivity index (χ3v) is 3.60. The lowest BCUT2D eigenvalue weighted by molar-refractivity contribution is 0.102. The highest BCUT2D eigenvalue weighted by atomic mass is 32.1. The van der Waals surface area contributed by atoms with Crippen molar-refractivity contribution in [1.29, 1.82) is 0 Å². The molecule has 1 atom stereocenters. The zero-order valence-electron chi connectivity index (χ0n) is 11.3. The summed E-state index contributed by atoms with van der Waals surface area (Å²) in [6.07, 6.45) is 0. The maximum absolute atomic E-state index is 12.0. The predicted octanol–water partition coefficient (Wildman–Crippen LogP) is 1.91. The molecule has 0 fully saturated rings. The SMILES string of the molecule is CC(N)c1nc(C(=O)Nc2ccc(NC(N)=O)cc2)cs1. The molecular weight excluding hydrogens is 290 g/mol. The van der Waals surface area contributed by atoms with Crippen molar-refractivity contribution in [3.05, 3.63) is 40.3 Å². The van der Waals surface area contributed by atoms with E-state index in [0.29, 0.717) is 22.1 Å². The van der Waals surface area contributed by atoms with Gasteiger partial charge in [-0.1, -0.05) is 0 Å². The second-order valence-corrected chi connectivity index (χ2v) is 5.27. The van der Waals surface area contributed by atoms with Crippen LogP contribution in [0.15, 0.2) is 29.6 Å². The number of amides is 3. The lowest BCUT2D eigenvalue weighted by Crippen LogP contribution is -2.19. The van der Waals surface area contributed by atoms with Gasteiger partial charge in [0.1, 0.15) is 10.7 Å². The van der Waals surface area contributed by atoms with E-state index >= 15 is 0 Å². The zero-order valence-corrected chi connectivity index (χ0v) is 12.1. The summed E-state index contributed by atoms with van der Waals surface area (Å²) in [7, 11) is 0. The van der Waals surface area contributed by atoms with Crippen LogP contribution in [-0.2, 0) is 0 Å². The Hall–Kier alpha value is -2.45. The molecule has 1 aromatic carbocycles. The number of nitrogens with two attached hydrogens (primary N) is 2. The van der Waals surface area contributed by atoms with Crippen molar-refractivity contribution in [2.45, 2.75) is 13.0 Å². The van der Waals surface area contributed by atoms with Gasteiger partial charge in [-0.15, -0.1) is 11.3 Å². The van der Waals surface area contributed by atoms with Gasteiger partial charge in [0.25, 0.3) is 5.91 Å². The van der Waals surface area contributed by atoms with Crippen molar-refractivity contribution in [2.75, 3.05) is 10.6 Å². The summed E-state index contributed by atoms with van der Waals surface area (Å²) in [4.78, 5) is 26.9. The molecule has 1 heterocycles. The van der Waals surface area contributed by atoms with Crippen molar-refractivity contribution < 1.29 is 9.59 Å². The molecule has 0 saturated carbocycles. The molecule has 1 aromatic heterocycles. The van der Waals surface area contributed by atoms with Crippen molar-refractivity contribution in [2.24, 2.45) is 11.5 Å². The molecule has 0 aliphatic heterocycles. The average Bonchev–Trinajstić information content (AvgIpc) is 2.90.